The standard InChI is InChI=1S/C14H19NO3/c1-17-14(16)11-5-7-13(8-6-11)18-10-12-4-2-3-9-15-12/h2-4,9,11,13H,5-8,10H2,1H3. The molecule has 1 saturated carbocycles. The summed E-state index contributed by atoms with van der Waals surface area (Å²) in [4.78, 5) is 15.6. The number of hydrogen-bond acceptors (Lipinski definition) is 4. The average molecular weight is 249 g/mol. The van der Waals surface area contributed by atoms with Crippen molar-refractivity contribution < 1.29 is 14.3 Å². The van der Waals surface area contributed by atoms with Crippen LogP contribution in [0.5, 0.6) is 0 Å². The van der Waals surface area contributed by atoms with Crippen LogP contribution in [-0.2, 0) is 20.9 Å². The van der Waals surface area contributed by atoms with Gasteiger partial charge in [0, 0.05) is 6.20 Å². The Labute approximate surface area is 107 Å². The van der Waals surface area contributed by atoms with E-state index in [0.717, 1.165) is 31.4 Å². The van der Waals surface area contributed by atoms with Gasteiger partial charge in [-0.05, 0) is 37.8 Å². The van der Waals surface area contributed by atoms with Gasteiger partial charge in [-0.25, -0.2) is 0 Å². The largest absolute Gasteiger partial charge is 0.469 e. The maximum Gasteiger partial charge on any atom is 0.308 e. The third-order valence-corrected chi connectivity index (χ3v) is 3.40. The molecule has 0 N–H and O–H groups in total. The van der Waals surface area contributed by atoms with Crippen LogP contribution in [0.1, 0.15) is 31.4 Å². The number of pyridine rings is 1. The summed E-state index contributed by atoms with van der Waals surface area (Å²) in [6.45, 7) is 0.550. The molecule has 1 aliphatic rings. The molecule has 4 heteroatoms. The van der Waals surface area contributed by atoms with Crippen molar-refractivity contribution >= 4 is 5.97 Å². The van der Waals surface area contributed by atoms with Crippen molar-refractivity contribution in [1.29, 1.82) is 0 Å². The SMILES string of the molecule is COC(=O)C1CCC(OCc2ccccn2)CC1. The summed E-state index contributed by atoms with van der Waals surface area (Å²) in [5.41, 5.74) is 0.951. The van der Waals surface area contributed by atoms with E-state index in [0.29, 0.717) is 6.61 Å². The van der Waals surface area contributed by atoms with E-state index in [-0.39, 0.29) is 18.0 Å². The van der Waals surface area contributed by atoms with E-state index < -0.39 is 0 Å². The lowest BCUT2D eigenvalue weighted by atomic mass is 9.87. The molecule has 0 amide bonds. The summed E-state index contributed by atoms with van der Waals surface area (Å²) >= 11 is 0. The quantitative estimate of drug-likeness (QED) is 0.768. The molecule has 0 atom stereocenters. The second kappa shape index (κ2) is 6.50. The number of methoxy groups -OCH3 is 1. The zero-order chi connectivity index (χ0) is 12.8. The van der Waals surface area contributed by atoms with Gasteiger partial charge in [0.1, 0.15) is 0 Å². The lowest BCUT2D eigenvalue weighted by Gasteiger charge is -2.26. The van der Waals surface area contributed by atoms with Gasteiger partial charge in [0.2, 0.25) is 0 Å². The molecule has 18 heavy (non-hydrogen) atoms. The van der Waals surface area contributed by atoms with Crippen LogP contribution in [0.2, 0.25) is 0 Å². The number of hydrogen-bond donors (Lipinski definition) is 0. The first kappa shape index (κ1) is 13.0. The Balaban J connectivity index is 1.72. The van der Waals surface area contributed by atoms with Crippen LogP contribution in [0.25, 0.3) is 0 Å². The Kier molecular flexibility index (Phi) is 4.70. The smallest absolute Gasteiger partial charge is 0.308 e. The molecule has 1 aromatic rings. The molecule has 4 nitrogen and oxygen atoms in total. The highest BCUT2D eigenvalue weighted by Gasteiger charge is 2.27. The van der Waals surface area contributed by atoms with Gasteiger partial charge in [-0.2, -0.15) is 0 Å². The topological polar surface area (TPSA) is 48.4 Å². The lowest BCUT2D eigenvalue weighted by Crippen LogP contribution is -2.26. The predicted octanol–water partition coefficient (Wildman–Crippen LogP) is 2.33. The molecule has 1 heterocycles. The van der Waals surface area contributed by atoms with Gasteiger partial charge < -0.3 is 9.47 Å². The summed E-state index contributed by atoms with van der Waals surface area (Å²) in [5, 5.41) is 0. The number of carbonyl (C=O) groups is 1. The van der Waals surface area contributed by atoms with Crippen molar-refractivity contribution in [2.75, 3.05) is 7.11 Å². The van der Waals surface area contributed by atoms with E-state index >= 15 is 0 Å². The average Bonchev–Trinajstić information content (AvgIpc) is 2.46. The second-order valence-electron chi connectivity index (χ2n) is 4.63. The minimum Gasteiger partial charge on any atom is -0.469 e. The molecular formula is C14H19NO3. The van der Waals surface area contributed by atoms with Gasteiger partial charge in [0.25, 0.3) is 0 Å². The van der Waals surface area contributed by atoms with Crippen molar-refractivity contribution in [2.24, 2.45) is 5.92 Å². The number of esters is 1. The summed E-state index contributed by atoms with van der Waals surface area (Å²) < 4.78 is 10.6. The van der Waals surface area contributed by atoms with Gasteiger partial charge in [-0.3, -0.25) is 9.78 Å². The van der Waals surface area contributed by atoms with Crippen LogP contribution >= 0.6 is 0 Å². The molecule has 0 aromatic carbocycles. The van der Waals surface area contributed by atoms with Crippen molar-refractivity contribution in [1.82, 2.24) is 4.98 Å². The summed E-state index contributed by atoms with van der Waals surface area (Å²) in [7, 11) is 1.45. The van der Waals surface area contributed by atoms with E-state index in [1.54, 1.807) is 6.20 Å². The van der Waals surface area contributed by atoms with Crippen molar-refractivity contribution in [3.05, 3.63) is 30.1 Å². The Morgan fingerprint density at radius 3 is 2.72 bits per heavy atom. The Morgan fingerprint density at radius 1 is 1.33 bits per heavy atom. The molecule has 0 radical (unpaired) electrons. The van der Waals surface area contributed by atoms with Gasteiger partial charge in [0.15, 0.2) is 0 Å². The fourth-order valence-corrected chi connectivity index (χ4v) is 2.32. The normalized spacial score (nSPS) is 23.6. The van der Waals surface area contributed by atoms with Crippen LogP contribution in [0.15, 0.2) is 24.4 Å². The van der Waals surface area contributed by atoms with E-state index in [1.165, 1.54) is 7.11 Å². The summed E-state index contributed by atoms with van der Waals surface area (Å²) in [5.74, 6) is -0.0251. The first-order valence-corrected chi connectivity index (χ1v) is 6.39. The van der Waals surface area contributed by atoms with Crippen LogP contribution < -0.4 is 0 Å². The molecule has 0 spiro atoms. The van der Waals surface area contributed by atoms with Gasteiger partial charge >= 0.3 is 5.97 Å². The number of carbonyl (C=O) groups excluding carboxylic acids is 1. The molecular weight excluding hydrogens is 230 g/mol. The van der Waals surface area contributed by atoms with Crippen LogP contribution in [0, 0.1) is 5.92 Å². The maximum absolute atomic E-state index is 11.4. The third kappa shape index (κ3) is 3.53. The first-order valence-electron chi connectivity index (χ1n) is 6.39. The molecule has 0 unspecified atom stereocenters. The molecule has 1 fully saturated rings. The Bertz CT molecular complexity index is 372. The van der Waals surface area contributed by atoms with Gasteiger partial charge in [-0.1, -0.05) is 6.07 Å². The molecule has 0 saturated heterocycles. The van der Waals surface area contributed by atoms with Crippen molar-refractivity contribution in [3.63, 3.8) is 0 Å². The first-order chi connectivity index (χ1) is 8.79. The highest BCUT2D eigenvalue weighted by molar-refractivity contribution is 5.72. The number of nitrogens with zero attached hydrogens (tertiary/aromatic N) is 1. The van der Waals surface area contributed by atoms with Gasteiger partial charge in [-0.15, -0.1) is 0 Å². The van der Waals surface area contributed by atoms with Gasteiger partial charge in [0.05, 0.1) is 31.4 Å². The zero-order valence-corrected chi connectivity index (χ0v) is 10.7. The van der Waals surface area contributed by atoms with E-state index in [4.69, 9.17) is 9.47 Å². The molecule has 2 rings (SSSR count). The zero-order valence-electron chi connectivity index (χ0n) is 10.7. The Hall–Kier alpha value is -1.42. The van der Waals surface area contributed by atoms with E-state index in [9.17, 15) is 4.79 Å². The number of ether oxygens (including phenoxy) is 2. The number of aromatic nitrogens is 1. The van der Waals surface area contributed by atoms with E-state index in [1.807, 2.05) is 18.2 Å². The van der Waals surface area contributed by atoms with Crippen LogP contribution in [0.4, 0.5) is 0 Å². The highest BCUT2D eigenvalue weighted by Crippen LogP contribution is 2.27. The summed E-state index contributed by atoms with van der Waals surface area (Å²) in [6, 6.07) is 5.81. The highest BCUT2D eigenvalue weighted by atomic mass is 16.5. The minimum absolute atomic E-state index is 0.0599. The molecule has 1 aromatic heterocycles. The number of rotatable bonds is 4. The summed E-state index contributed by atoms with van der Waals surface area (Å²) in [6.07, 6.45) is 5.58. The predicted molar refractivity (Wildman–Crippen MR) is 66.8 cm³/mol. The Morgan fingerprint density at radius 2 is 2.11 bits per heavy atom. The molecule has 0 aliphatic heterocycles. The molecule has 98 valence electrons. The fraction of sp³-hybridized carbons (Fsp3) is 0.571. The van der Waals surface area contributed by atoms with E-state index in [2.05, 4.69) is 4.98 Å². The lowest BCUT2D eigenvalue weighted by molar-refractivity contribution is -0.147. The third-order valence-electron chi connectivity index (χ3n) is 3.40. The maximum atomic E-state index is 11.4. The van der Waals surface area contributed by atoms with Crippen LogP contribution in [-0.4, -0.2) is 24.2 Å². The van der Waals surface area contributed by atoms with Crippen molar-refractivity contribution in [2.45, 2.75) is 38.4 Å². The minimum atomic E-state index is -0.0850. The van der Waals surface area contributed by atoms with Crippen LogP contribution in [0.3, 0.4) is 0 Å². The van der Waals surface area contributed by atoms with Crippen molar-refractivity contribution in [3.8, 4) is 0 Å². The monoisotopic (exact) mass is 249 g/mol. The fourth-order valence-electron chi connectivity index (χ4n) is 2.32. The second-order valence-corrected chi connectivity index (χ2v) is 4.63. The molecule has 0 bridgehead atoms. The molecule has 1 aliphatic carbocycles.